The normalized spacial score (nSPS) is 13.0. The van der Waals surface area contributed by atoms with Gasteiger partial charge in [0.05, 0.1) is 8.93 Å². The number of halogens is 1. The lowest BCUT2D eigenvalue weighted by Gasteiger charge is -2.05. The van der Waals surface area contributed by atoms with Crippen LogP contribution < -0.4 is 5.73 Å². The Morgan fingerprint density at radius 3 is 2.87 bits per heavy atom. The number of hydrogen-bond acceptors (Lipinski definition) is 3. The average Bonchev–Trinajstić information content (AvgIpc) is 2.84. The predicted octanol–water partition coefficient (Wildman–Crippen LogP) is 3.56. The van der Waals surface area contributed by atoms with Crippen molar-refractivity contribution in [1.29, 1.82) is 0 Å². The lowest BCUT2D eigenvalue weighted by molar-refractivity contribution is 0.454. The Hall–Kier alpha value is -0.330. The fourth-order valence-corrected chi connectivity index (χ4v) is 2.81. The molecule has 80 valence electrons. The Morgan fingerprint density at radius 2 is 2.33 bits per heavy atom. The quantitative estimate of drug-likeness (QED) is 0.873. The smallest absolute Gasteiger partial charge is 0.125 e. The minimum absolute atomic E-state index is 0.134. The fourth-order valence-electron chi connectivity index (χ4n) is 1.40. The van der Waals surface area contributed by atoms with Crippen LogP contribution in [-0.2, 0) is 6.42 Å². The van der Waals surface area contributed by atoms with E-state index in [2.05, 4.69) is 41.0 Å². The maximum Gasteiger partial charge on any atom is 0.125 e. The zero-order valence-electron chi connectivity index (χ0n) is 8.37. The SMILES string of the molecule is CCc1ccc(C(N)c2csc(I)c2)o1. The fraction of sp³-hybridized carbons (Fsp3) is 0.273. The van der Waals surface area contributed by atoms with E-state index >= 15 is 0 Å². The van der Waals surface area contributed by atoms with Gasteiger partial charge in [-0.15, -0.1) is 11.3 Å². The third-order valence-electron chi connectivity index (χ3n) is 2.28. The van der Waals surface area contributed by atoms with Crippen molar-refractivity contribution in [2.45, 2.75) is 19.4 Å². The van der Waals surface area contributed by atoms with Gasteiger partial charge < -0.3 is 10.2 Å². The van der Waals surface area contributed by atoms with E-state index in [4.69, 9.17) is 10.2 Å². The number of aryl methyl sites for hydroxylation is 1. The summed E-state index contributed by atoms with van der Waals surface area (Å²) in [5.41, 5.74) is 7.23. The van der Waals surface area contributed by atoms with Gasteiger partial charge >= 0.3 is 0 Å². The number of thiophene rings is 1. The maximum absolute atomic E-state index is 6.11. The molecule has 15 heavy (non-hydrogen) atoms. The lowest BCUT2D eigenvalue weighted by Crippen LogP contribution is -2.09. The number of nitrogens with two attached hydrogens (primary N) is 1. The second-order valence-electron chi connectivity index (χ2n) is 3.32. The van der Waals surface area contributed by atoms with E-state index in [1.807, 2.05) is 12.1 Å². The van der Waals surface area contributed by atoms with Gasteiger partial charge in [-0.1, -0.05) is 6.92 Å². The molecule has 1 atom stereocenters. The highest BCUT2D eigenvalue weighted by Gasteiger charge is 2.14. The van der Waals surface area contributed by atoms with Gasteiger partial charge in [0.15, 0.2) is 0 Å². The highest BCUT2D eigenvalue weighted by molar-refractivity contribution is 14.1. The molecule has 0 aliphatic rings. The van der Waals surface area contributed by atoms with E-state index in [1.165, 1.54) is 2.88 Å². The van der Waals surface area contributed by atoms with Crippen molar-refractivity contribution in [3.8, 4) is 0 Å². The summed E-state index contributed by atoms with van der Waals surface area (Å²) in [6, 6.07) is 5.93. The first-order valence-electron chi connectivity index (χ1n) is 4.79. The molecule has 0 radical (unpaired) electrons. The van der Waals surface area contributed by atoms with E-state index < -0.39 is 0 Å². The van der Waals surface area contributed by atoms with Crippen LogP contribution in [-0.4, -0.2) is 0 Å². The summed E-state index contributed by atoms with van der Waals surface area (Å²) < 4.78 is 6.89. The van der Waals surface area contributed by atoms with Gasteiger partial charge in [-0.3, -0.25) is 0 Å². The topological polar surface area (TPSA) is 39.2 Å². The van der Waals surface area contributed by atoms with Crippen molar-refractivity contribution in [2.75, 3.05) is 0 Å². The third kappa shape index (κ3) is 2.43. The Balaban J connectivity index is 2.23. The molecule has 2 rings (SSSR count). The van der Waals surface area contributed by atoms with Gasteiger partial charge in [0.25, 0.3) is 0 Å². The molecule has 0 amide bonds. The second kappa shape index (κ2) is 4.67. The van der Waals surface area contributed by atoms with Crippen LogP contribution in [0.15, 0.2) is 28.0 Å². The molecule has 4 heteroatoms. The Labute approximate surface area is 107 Å². The van der Waals surface area contributed by atoms with E-state index in [9.17, 15) is 0 Å². The molecule has 0 aliphatic carbocycles. The molecule has 2 N–H and O–H groups in total. The summed E-state index contributed by atoms with van der Waals surface area (Å²) in [5, 5.41) is 2.08. The molecule has 0 aliphatic heterocycles. The summed E-state index contributed by atoms with van der Waals surface area (Å²) in [5.74, 6) is 1.84. The molecule has 0 bridgehead atoms. The largest absolute Gasteiger partial charge is 0.464 e. The van der Waals surface area contributed by atoms with Crippen LogP contribution in [0.3, 0.4) is 0 Å². The molecular formula is C11H12INOS. The van der Waals surface area contributed by atoms with Crippen LogP contribution in [0.25, 0.3) is 0 Å². The van der Waals surface area contributed by atoms with Crippen LogP contribution in [0.2, 0.25) is 0 Å². The lowest BCUT2D eigenvalue weighted by atomic mass is 10.1. The predicted molar refractivity (Wildman–Crippen MR) is 71.2 cm³/mol. The van der Waals surface area contributed by atoms with Crippen LogP contribution in [0.4, 0.5) is 0 Å². The molecule has 0 fully saturated rings. The van der Waals surface area contributed by atoms with Crippen LogP contribution >= 0.6 is 33.9 Å². The number of furan rings is 1. The van der Waals surface area contributed by atoms with Crippen LogP contribution in [0.1, 0.15) is 30.0 Å². The van der Waals surface area contributed by atoms with E-state index in [-0.39, 0.29) is 6.04 Å². The van der Waals surface area contributed by atoms with Gasteiger partial charge in [0.2, 0.25) is 0 Å². The summed E-state index contributed by atoms with van der Waals surface area (Å²) in [7, 11) is 0. The maximum atomic E-state index is 6.11. The van der Waals surface area contributed by atoms with Gasteiger partial charge in [-0.2, -0.15) is 0 Å². The molecule has 0 saturated heterocycles. The molecule has 0 aromatic carbocycles. The summed E-state index contributed by atoms with van der Waals surface area (Å²) in [6.45, 7) is 2.07. The second-order valence-corrected chi connectivity index (χ2v) is 6.12. The highest BCUT2D eigenvalue weighted by atomic mass is 127. The van der Waals surface area contributed by atoms with Gasteiger partial charge in [0.1, 0.15) is 11.5 Å². The first-order valence-corrected chi connectivity index (χ1v) is 6.74. The number of hydrogen-bond donors (Lipinski definition) is 1. The molecule has 2 nitrogen and oxygen atoms in total. The summed E-state index contributed by atoms with van der Waals surface area (Å²) >= 11 is 4.00. The van der Waals surface area contributed by atoms with Crippen LogP contribution in [0.5, 0.6) is 0 Å². The van der Waals surface area contributed by atoms with Crippen molar-refractivity contribution in [3.05, 3.63) is 43.5 Å². The molecule has 1 unspecified atom stereocenters. The minimum atomic E-state index is -0.134. The van der Waals surface area contributed by atoms with Gasteiger partial charge in [0, 0.05) is 6.42 Å². The number of rotatable bonds is 3. The Kier molecular flexibility index (Phi) is 3.48. The molecule has 2 aromatic heterocycles. The van der Waals surface area contributed by atoms with Crippen molar-refractivity contribution < 1.29 is 4.42 Å². The van der Waals surface area contributed by atoms with Crippen molar-refractivity contribution in [2.24, 2.45) is 5.73 Å². The van der Waals surface area contributed by atoms with Gasteiger partial charge in [-0.05, 0) is 51.7 Å². The van der Waals surface area contributed by atoms with E-state index in [1.54, 1.807) is 11.3 Å². The zero-order chi connectivity index (χ0) is 10.8. The Morgan fingerprint density at radius 1 is 1.53 bits per heavy atom. The van der Waals surface area contributed by atoms with Crippen molar-refractivity contribution in [3.63, 3.8) is 0 Å². The summed E-state index contributed by atoms with van der Waals surface area (Å²) in [4.78, 5) is 0. The van der Waals surface area contributed by atoms with E-state index in [0.29, 0.717) is 0 Å². The average molecular weight is 333 g/mol. The van der Waals surface area contributed by atoms with Crippen molar-refractivity contribution >= 4 is 33.9 Å². The zero-order valence-corrected chi connectivity index (χ0v) is 11.3. The molecule has 0 saturated carbocycles. The minimum Gasteiger partial charge on any atom is -0.464 e. The summed E-state index contributed by atoms with van der Waals surface area (Å²) in [6.07, 6.45) is 0.911. The first kappa shape index (κ1) is 11.2. The van der Waals surface area contributed by atoms with Crippen molar-refractivity contribution in [1.82, 2.24) is 0 Å². The Bertz CT molecular complexity index is 449. The van der Waals surface area contributed by atoms with Crippen LogP contribution in [0, 0.1) is 2.88 Å². The highest BCUT2D eigenvalue weighted by Crippen LogP contribution is 2.26. The van der Waals surface area contributed by atoms with Gasteiger partial charge in [-0.25, -0.2) is 0 Å². The monoisotopic (exact) mass is 333 g/mol. The molecular weight excluding hydrogens is 321 g/mol. The molecule has 2 aromatic rings. The molecule has 0 spiro atoms. The standard InChI is InChI=1S/C11H12INOS/c1-2-8-3-4-9(14-8)11(13)7-5-10(12)15-6-7/h3-6,11H,2,13H2,1H3. The van der Waals surface area contributed by atoms with E-state index in [0.717, 1.165) is 23.5 Å². The first-order chi connectivity index (χ1) is 7.20. The molecule has 2 heterocycles. The third-order valence-corrected chi connectivity index (χ3v) is 4.09.